The highest BCUT2D eigenvalue weighted by Crippen LogP contribution is 2.32. The second kappa shape index (κ2) is 10.4. The molecule has 1 aliphatic heterocycles. The number of aromatic nitrogens is 4. The predicted molar refractivity (Wildman–Crippen MR) is 136 cm³/mol. The summed E-state index contributed by atoms with van der Waals surface area (Å²) < 4.78 is 16.1. The van der Waals surface area contributed by atoms with E-state index in [1.165, 1.54) is 0 Å². The van der Waals surface area contributed by atoms with E-state index in [2.05, 4.69) is 30.6 Å². The van der Waals surface area contributed by atoms with Crippen molar-refractivity contribution >= 4 is 17.4 Å². The maximum atomic E-state index is 12.9. The van der Waals surface area contributed by atoms with E-state index in [0.717, 1.165) is 30.2 Å². The van der Waals surface area contributed by atoms with Crippen LogP contribution in [0.3, 0.4) is 0 Å². The van der Waals surface area contributed by atoms with Gasteiger partial charge in [0.15, 0.2) is 5.82 Å². The third kappa shape index (κ3) is 4.98. The quantitative estimate of drug-likeness (QED) is 0.407. The highest BCUT2D eigenvalue weighted by atomic mass is 16.5. The number of H-pyrrole nitrogens is 1. The Hall–Kier alpha value is -4.44. The Morgan fingerprint density at radius 3 is 2.58 bits per heavy atom. The van der Waals surface area contributed by atoms with Gasteiger partial charge in [0.25, 0.3) is 5.91 Å². The first kappa shape index (κ1) is 23.3. The van der Waals surface area contributed by atoms with Gasteiger partial charge in [-0.25, -0.2) is 0 Å². The number of methoxy groups -OCH3 is 2. The molecule has 2 N–H and O–H groups in total. The number of carbonyl (C=O) groups is 1. The fourth-order valence-electron chi connectivity index (χ4n) is 3.99. The number of benzene rings is 2. The van der Waals surface area contributed by atoms with E-state index in [1.54, 1.807) is 32.4 Å². The summed E-state index contributed by atoms with van der Waals surface area (Å²) >= 11 is 0. The molecule has 10 nitrogen and oxygen atoms in total. The molecular formula is C26H26N6O4. The Kier molecular flexibility index (Phi) is 6.76. The van der Waals surface area contributed by atoms with Crippen LogP contribution in [0.4, 0.5) is 11.5 Å². The molecule has 0 aliphatic carbocycles. The molecule has 3 heterocycles. The number of amides is 1. The van der Waals surface area contributed by atoms with Crippen LogP contribution in [-0.4, -0.2) is 66.8 Å². The second-order valence-electron chi connectivity index (χ2n) is 8.14. The number of rotatable bonds is 7. The first-order chi connectivity index (χ1) is 17.6. The van der Waals surface area contributed by atoms with Crippen LogP contribution in [-0.2, 0) is 4.74 Å². The van der Waals surface area contributed by atoms with Gasteiger partial charge in [-0.2, -0.15) is 5.10 Å². The van der Waals surface area contributed by atoms with Crippen molar-refractivity contribution in [1.29, 1.82) is 0 Å². The van der Waals surface area contributed by atoms with Crippen molar-refractivity contribution in [2.45, 2.75) is 0 Å². The summed E-state index contributed by atoms with van der Waals surface area (Å²) in [6.45, 7) is 2.98. The van der Waals surface area contributed by atoms with Gasteiger partial charge in [0.2, 0.25) is 0 Å². The topological polar surface area (TPSA) is 114 Å². The number of hydrogen-bond acceptors (Lipinski definition) is 8. The summed E-state index contributed by atoms with van der Waals surface area (Å²) in [6.07, 6.45) is 0. The van der Waals surface area contributed by atoms with Gasteiger partial charge in [-0.05, 0) is 48.5 Å². The standard InChI is InChI=1S/C26H26N6O4/c1-34-19-6-8-24(35-2)20(15-19)22-16-23(30-29-22)26(33)27-18-5-3-4-17(14-18)21-7-9-25(31-28-21)32-10-12-36-13-11-32/h3-9,14-16H,10-13H2,1-2H3,(H,27,33)(H,29,30). The zero-order valence-electron chi connectivity index (χ0n) is 20.0. The zero-order valence-corrected chi connectivity index (χ0v) is 20.0. The average Bonchev–Trinajstić information content (AvgIpc) is 3.44. The fourth-order valence-corrected chi connectivity index (χ4v) is 3.99. The molecule has 0 radical (unpaired) electrons. The number of morpholine rings is 1. The third-order valence-electron chi connectivity index (χ3n) is 5.91. The fraction of sp³-hybridized carbons (Fsp3) is 0.231. The number of anilines is 2. The van der Waals surface area contributed by atoms with Gasteiger partial charge in [0.1, 0.15) is 17.2 Å². The number of nitrogens with one attached hydrogen (secondary N) is 2. The summed E-state index contributed by atoms with van der Waals surface area (Å²) in [7, 11) is 3.17. The van der Waals surface area contributed by atoms with Gasteiger partial charge in [0.05, 0.1) is 38.8 Å². The molecule has 2 aromatic carbocycles. The van der Waals surface area contributed by atoms with E-state index in [-0.39, 0.29) is 5.91 Å². The van der Waals surface area contributed by atoms with E-state index >= 15 is 0 Å². The summed E-state index contributed by atoms with van der Waals surface area (Å²) in [5.41, 5.74) is 3.80. The minimum Gasteiger partial charge on any atom is -0.497 e. The Labute approximate surface area is 208 Å². The van der Waals surface area contributed by atoms with Crippen LogP contribution >= 0.6 is 0 Å². The molecule has 0 saturated carbocycles. The molecule has 184 valence electrons. The number of ether oxygens (including phenoxy) is 3. The van der Waals surface area contributed by atoms with Gasteiger partial charge in [-0.3, -0.25) is 9.89 Å². The third-order valence-corrected chi connectivity index (χ3v) is 5.91. The largest absolute Gasteiger partial charge is 0.497 e. The van der Waals surface area contributed by atoms with Crippen molar-refractivity contribution in [2.24, 2.45) is 0 Å². The lowest BCUT2D eigenvalue weighted by atomic mass is 10.1. The number of hydrogen-bond donors (Lipinski definition) is 2. The van der Waals surface area contributed by atoms with Crippen molar-refractivity contribution in [1.82, 2.24) is 20.4 Å². The van der Waals surface area contributed by atoms with Gasteiger partial charge in [-0.15, -0.1) is 10.2 Å². The van der Waals surface area contributed by atoms with E-state index in [4.69, 9.17) is 14.2 Å². The van der Waals surface area contributed by atoms with Crippen LogP contribution in [0.15, 0.2) is 60.7 Å². The number of nitrogens with zero attached hydrogens (tertiary/aromatic N) is 4. The normalized spacial score (nSPS) is 13.3. The van der Waals surface area contributed by atoms with E-state index in [0.29, 0.717) is 47.4 Å². The highest BCUT2D eigenvalue weighted by Gasteiger charge is 2.16. The van der Waals surface area contributed by atoms with Crippen molar-refractivity contribution in [2.75, 3.05) is 50.7 Å². The molecule has 1 fully saturated rings. The van der Waals surface area contributed by atoms with E-state index in [1.807, 2.05) is 42.5 Å². The smallest absolute Gasteiger partial charge is 0.273 e. The van der Waals surface area contributed by atoms with Gasteiger partial charge >= 0.3 is 0 Å². The van der Waals surface area contributed by atoms with Crippen LogP contribution in [0.1, 0.15) is 10.5 Å². The van der Waals surface area contributed by atoms with Crippen molar-refractivity contribution < 1.29 is 19.0 Å². The Morgan fingerprint density at radius 2 is 1.83 bits per heavy atom. The predicted octanol–water partition coefficient (Wildman–Crippen LogP) is 3.64. The lowest BCUT2D eigenvalue weighted by Crippen LogP contribution is -2.36. The lowest BCUT2D eigenvalue weighted by molar-refractivity contribution is 0.102. The Morgan fingerprint density at radius 1 is 0.972 bits per heavy atom. The molecule has 0 spiro atoms. The molecule has 4 aromatic rings. The SMILES string of the molecule is COc1ccc(OC)c(-c2cc(C(=O)Nc3cccc(-c4ccc(N5CCOCC5)nn4)c3)[nH]n2)c1. The monoisotopic (exact) mass is 486 g/mol. The zero-order chi connectivity index (χ0) is 24.9. The van der Waals surface area contributed by atoms with Gasteiger partial charge in [0, 0.05) is 29.9 Å². The summed E-state index contributed by atoms with van der Waals surface area (Å²) in [6, 6.07) is 18.4. The Bertz CT molecular complexity index is 1350. The first-order valence-electron chi connectivity index (χ1n) is 11.5. The molecule has 2 aromatic heterocycles. The Balaban J connectivity index is 1.30. The molecule has 10 heteroatoms. The molecule has 0 unspecified atom stereocenters. The van der Waals surface area contributed by atoms with Crippen LogP contribution in [0.25, 0.3) is 22.5 Å². The highest BCUT2D eigenvalue weighted by molar-refractivity contribution is 6.03. The maximum Gasteiger partial charge on any atom is 0.273 e. The summed E-state index contributed by atoms with van der Waals surface area (Å²) in [5.74, 6) is 1.80. The molecule has 0 atom stereocenters. The molecule has 5 rings (SSSR count). The van der Waals surface area contributed by atoms with Crippen LogP contribution < -0.4 is 19.7 Å². The van der Waals surface area contributed by atoms with Gasteiger partial charge in [-0.1, -0.05) is 12.1 Å². The molecular weight excluding hydrogens is 460 g/mol. The minimum absolute atomic E-state index is 0.315. The van der Waals surface area contributed by atoms with Crippen molar-refractivity contribution in [3.63, 3.8) is 0 Å². The molecule has 1 aliphatic rings. The van der Waals surface area contributed by atoms with Gasteiger partial charge < -0.3 is 24.4 Å². The van der Waals surface area contributed by atoms with Crippen molar-refractivity contribution in [3.8, 4) is 34.0 Å². The second-order valence-corrected chi connectivity index (χ2v) is 8.14. The lowest BCUT2D eigenvalue weighted by Gasteiger charge is -2.27. The summed E-state index contributed by atoms with van der Waals surface area (Å²) in [4.78, 5) is 15.1. The van der Waals surface area contributed by atoms with E-state index < -0.39 is 0 Å². The summed E-state index contributed by atoms with van der Waals surface area (Å²) in [5, 5.41) is 18.8. The van der Waals surface area contributed by atoms with Crippen molar-refractivity contribution in [3.05, 3.63) is 66.4 Å². The number of carbonyl (C=O) groups excluding carboxylic acids is 1. The maximum absolute atomic E-state index is 12.9. The first-order valence-corrected chi connectivity index (χ1v) is 11.5. The van der Waals surface area contributed by atoms with Crippen LogP contribution in [0.5, 0.6) is 11.5 Å². The van der Waals surface area contributed by atoms with Crippen LogP contribution in [0, 0.1) is 0 Å². The van der Waals surface area contributed by atoms with E-state index in [9.17, 15) is 4.79 Å². The minimum atomic E-state index is -0.318. The molecule has 36 heavy (non-hydrogen) atoms. The molecule has 1 saturated heterocycles. The van der Waals surface area contributed by atoms with Crippen LogP contribution in [0.2, 0.25) is 0 Å². The molecule has 1 amide bonds. The average molecular weight is 487 g/mol. The number of aromatic amines is 1. The molecule has 0 bridgehead atoms.